The quantitative estimate of drug-likeness (QED) is 0.568. The van der Waals surface area contributed by atoms with Gasteiger partial charge in [0, 0.05) is 11.4 Å². The molecular weight excluding hydrogens is 330 g/mol. The molecule has 0 radical (unpaired) electrons. The van der Waals surface area contributed by atoms with Crippen LogP contribution < -0.4 is 10.7 Å². The maximum absolute atomic E-state index is 12.1. The molecule has 0 aliphatic rings. The number of nitrogens with one attached hydrogen (secondary N) is 2. The van der Waals surface area contributed by atoms with Crippen LogP contribution in [0.15, 0.2) is 41.5 Å². The van der Waals surface area contributed by atoms with E-state index in [1.54, 1.807) is 26.0 Å². The number of para-hydroxylation sites is 1. The van der Waals surface area contributed by atoms with E-state index in [1.807, 2.05) is 32.0 Å². The van der Waals surface area contributed by atoms with E-state index in [1.165, 1.54) is 6.07 Å². The summed E-state index contributed by atoms with van der Waals surface area (Å²) in [5.74, 6) is -0.824. The van der Waals surface area contributed by atoms with E-state index in [9.17, 15) is 14.7 Å². The molecule has 0 saturated heterocycles. The molecule has 2 rings (SSSR count). The van der Waals surface area contributed by atoms with Crippen LogP contribution in [0, 0.1) is 20.8 Å². The number of carbonyl (C=O) groups excluding carboxylic acids is 2. The lowest BCUT2D eigenvalue weighted by Gasteiger charge is -2.08. The van der Waals surface area contributed by atoms with Crippen molar-refractivity contribution in [3.63, 3.8) is 0 Å². The first-order chi connectivity index (χ1) is 12.3. The van der Waals surface area contributed by atoms with Crippen molar-refractivity contribution < 1.29 is 14.7 Å². The zero-order valence-electron chi connectivity index (χ0n) is 15.4. The average molecular weight is 353 g/mol. The lowest BCUT2D eigenvalue weighted by Crippen LogP contribution is -2.21. The van der Waals surface area contributed by atoms with Gasteiger partial charge in [0.1, 0.15) is 5.75 Å². The zero-order chi connectivity index (χ0) is 19.3. The number of carbonyl (C=O) groups is 2. The van der Waals surface area contributed by atoms with Gasteiger partial charge in [0.25, 0.3) is 5.91 Å². The maximum Gasteiger partial charge on any atom is 0.275 e. The van der Waals surface area contributed by atoms with Gasteiger partial charge in [-0.25, -0.2) is 5.43 Å². The summed E-state index contributed by atoms with van der Waals surface area (Å²) in [4.78, 5) is 24.2. The summed E-state index contributed by atoms with van der Waals surface area (Å²) in [5, 5.41) is 16.7. The summed E-state index contributed by atoms with van der Waals surface area (Å²) < 4.78 is 0. The summed E-state index contributed by atoms with van der Waals surface area (Å²) in [6.07, 6.45) is 0.0487. The van der Waals surface area contributed by atoms with Crippen LogP contribution in [-0.4, -0.2) is 22.6 Å². The number of hydrazone groups is 1. The SMILES string of the molecule is C/C(CC(=O)Nc1cc(C)cc(C)c1)=N\NC(=O)c1cccc(C)c1O. The summed E-state index contributed by atoms with van der Waals surface area (Å²) in [6.45, 7) is 7.28. The Kier molecular flexibility index (Phi) is 6.11. The molecule has 0 fully saturated rings. The van der Waals surface area contributed by atoms with Gasteiger partial charge in [-0.2, -0.15) is 5.10 Å². The predicted molar refractivity (Wildman–Crippen MR) is 103 cm³/mol. The van der Waals surface area contributed by atoms with Crippen LogP contribution in [0.3, 0.4) is 0 Å². The average Bonchev–Trinajstić information content (AvgIpc) is 2.54. The van der Waals surface area contributed by atoms with Crippen molar-refractivity contribution in [1.82, 2.24) is 5.43 Å². The second-order valence-corrected chi connectivity index (χ2v) is 6.36. The molecule has 136 valence electrons. The largest absolute Gasteiger partial charge is 0.507 e. The second kappa shape index (κ2) is 8.29. The molecule has 2 amide bonds. The highest BCUT2D eigenvalue weighted by atomic mass is 16.3. The van der Waals surface area contributed by atoms with Crippen LogP contribution in [0.5, 0.6) is 5.75 Å². The Balaban J connectivity index is 1.96. The highest BCUT2D eigenvalue weighted by molar-refractivity contribution is 6.06. The number of hydrogen-bond acceptors (Lipinski definition) is 4. The molecule has 0 heterocycles. The van der Waals surface area contributed by atoms with Crippen LogP contribution >= 0.6 is 0 Å². The van der Waals surface area contributed by atoms with Crippen molar-refractivity contribution in [2.24, 2.45) is 5.10 Å². The van der Waals surface area contributed by atoms with Crippen molar-refractivity contribution in [2.45, 2.75) is 34.1 Å². The number of amides is 2. The van der Waals surface area contributed by atoms with E-state index < -0.39 is 5.91 Å². The molecule has 3 N–H and O–H groups in total. The fraction of sp³-hybridized carbons (Fsp3) is 0.250. The number of phenolic OH excluding ortho intramolecular Hbond substituents is 1. The first kappa shape index (κ1) is 19.2. The topological polar surface area (TPSA) is 90.8 Å². The van der Waals surface area contributed by atoms with Crippen molar-refractivity contribution >= 4 is 23.2 Å². The summed E-state index contributed by atoms with van der Waals surface area (Å²) >= 11 is 0. The Hall–Kier alpha value is -3.15. The van der Waals surface area contributed by atoms with E-state index in [0.29, 0.717) is 11.3 Å². The lowest BCUT2D eigenvalue weighted by molar-refractivity contribution is -0.115. The zero-order valence-corrected chi connectivity index (χ0v) is 15.4. The lowest BCUT2D eigenvalue weighted by atomic mass is 10.1. The fourth-order valence-corrected chi connectivity index (χ4v) is 2.57. The molecule has 2 aromatic rings. The van der Waals surface area contributed by atoms with Gasteiger partial charge in [0.2, 0.25) is 5.91 Å². The Morgan fingerprint density at radius 1 is 1.08 bits per heavy atom. The standard InChI is InChI=1S/C20H23N3O3/c1-12-8-13(2)10-16(9-12)21-18(24)11-15(4)22-23-20(26)17-7-5-6-14(3)19(17)25/h5-10,25H,11H2,1-4H3,(H,21,24)(H,23,26)/b22-15+. The van der Waals surface area contributed by atoms with Gasteiger partial charge in [-0.15, -0.1) is 0 Å². The summed E-state index contributed by atoms with van der Waals surface area (Å²) in [5.41, 5.74) is 6.42. The Morgan fingerprint density at radius 3 is 2.38 bits per heavy atom. The molecule has 0 aliphatic carbocycles. The molecule has 6 heteroatoms. The van der Waals surface area contributed by atoms with E-state index >= 15 is 0 Å². The predicted octanol–water partition coefficient (Wildman–Crippen LogP) is 3.45. The van der Waals surface area contributed by atoms with Crippen molar-refractivity contribution in [1.29, 1.82) is 0 Å². The van der Waals surface area contributed by atoms with Gasteiger partial charge in [-0.1, -0.05) is 18.2 Å². The van der Waals surface area contributed by atoms with Gasteiger partial charge in [-0.3, -0.25) is 9.59 Å². The number of aryl methyl sites for hydroxylation is 3. The number of benzene rings is 2. The summed E-state index contributed by atoms with van der Waals surface area (Å²) in [7, 11) is 0. The molecular formula is C20H23N3O3. The molecule has 2 aromatic carbocycles. The van der Waals surface area contributed by atoms with Crippen LogP contribution in [0.25, 0.3) is 0 Å². The number of phenols is 1. The van der Waals surface area contributed by atoms with Crippen LogP contribution in [0.1, 0.15) is 40.4 Å². The molecule has 0 unspecified atom stereocenters. The monoisotopic (exact) mass is 353 g/mol. The number of rotatable bonds is 5. The minimum Gasteiger partial charge on any atom is -0.507 e. The van der Waals surface area contributed by atoms with E-state index in [0.717, 1.165) is 16.8 Å². The smallest absolute Gasteiger partial charge is 0.275 e. The first-order valence-corrected chi connectivity index (χ1v) is 8.26. The molecule has 0 spiro atoms. The third-order valence-corrected chi connectivity index (χ3v) is 3.75. The fourth-order valence-electron chi connectivity index (χ4n) is 2.57. The number of anilines is 1. The Bertz CT molecular complexity index is 852. The van der Waals surface area contributed by atoms with E-state index in [4.69, 9.17) is 0 Å². The molecule has 0 aromatic heterocycles. The summed E-state index contributed by atoms with van der Waals surface area (Å²) in [6, 6.07) is 10.7. The third-order valence-electron chi connectivity index (χ3n) is 3.75. The molecule has 0 aliphatic heterocycles. The van der Waals surface area contributed by atoms with Crippen LogP contribution in [0.2, 0.25) is 0 Å². The minimum absolute atomic E-state index is 0.0487. The van der Waals surface area contributed by atoms with Gasteiger partial charge >= 0.3 is 0 Å². The molecule has 0 saturated carbocycles. The number of nitrogens with zero attached hydrogens (tertiary/aromatic N) is 1. The molecule has 0 bridgehead atoms. The van der Waals surface area contributed by atoms with E-state index in [-0.39, 0.29) is 23.6 Å². The molecule has 26 heavy (non-hydrogen) atoms. The van der Waals surface area contributed by atoms with Crippen LogP contribution in [0.4, 0.5) is 5.69 Å². The Labute approximate surface area is 152 Å². The van der Waals surface area contributed by atoms with Crippen molar-refractivity contribution in [2.75, 3.05) is 5.32 Å². The third kappa shape index (κ3) is 5.17. The maximum atomic E-state index is 12.1. The molecule has 6 nitrogen and oxygen atoms in total. The van der Waals surface area contributed by atoms with Gasteiger partial charge in [-0.05, 0) is 62.6 Å². The molecule has 0 atom stereocenters. The van der Waals surface area contributed by atoms with Crippen molar-refractivity contribution in [3.05, 3.63) is 58.7 Å². The minimum atomic E-state index is -0.528. The van der Waals surface area contributed by atoms with Gasteiger partial charge < -0.3 is 10.4 Å². The normalized spacial score (nSPS) is 11.2. The Morgan fingerprint density at radius 2 is 1.73 bits per heavy atom. The number of aromatic hydroxyl groups is 1. The number of hydrogen-bond donors (Lipinski definition) is 3. The van der Waals surface area contributed by atoms with Gasteiger partial charge in [0.05, 0.1) is 12.0 Å². The van der Waals surface area contributed by atoms with E-state index in [2.05, 4.69) is 15.8 Å². The van der Waals surface area contributed by atoms with Gasteiger partial charge in [0.15, 0.2) is 0 Å². The highest BCUT2D eigenvalue weighted by Crippen LogP contribution is 2.21. The highest BCUT2D eigenvalue weighted by Gasteiger charge is 2.12. The van der Waals surface area contributed by atoms with Crippen LogP contribution in [-0.2, 0) is 4.79 Å². The second-order valence-electron chi connectivity index (χ2n) is 6.36. The van der Waals surface area contributed by atoms with Crippen molar-refractivity contribution in [3.8, 4) is 5.75 Å². The first-order valence-electron chi connectivity index (χ1n) is 8.26.